The zero-order valence-corrected chi connectivity index (χ0v) is 19.4. The number of rotatable bonds is 3. The number of hydrogen-bond donors (Lipinski definition) is 1. The van der Waals surface area contributed by atoms with Gasteiger partial charge in [0.1, 0.15) is 0 Å². The first-order valence-electron chi connectivity index (χ1n) is 10.2. The van der Waals surface area contributed by atoms with E-state index >= 15 is 0 Å². The van der Waals surface area contributed by atoms with Gasteiger partial charge in [-0.3, -0.25) is 4.79 Å². The summed E-state index contributed by atoms with van der Waals surface area (Å²) >= 11 is 6.78. The Morgan fingerprint density at radius 1 is 1.03 bits per heavy atom. The molecule has 2 aromatic carbocycles. The molecule has 0 bridgehead atoms. The summed E-state index contributed by atoms with van der Waals surface area (Å²) in [5, 5.41) is 3.71. The molecule has 1 unspecified atom stereocenters. The fourth-order valence-electron chi connectivity index (χ4n) is 4.40. The SMILES string of the molecule is CC(=O)Nc1ccc(C2CN(C)Cc3c(Cl)cc(N4CCN(C)CC4)cc32)cc1.Cl. The average molecular weight is 449 g/mol. The first-order chi connectivity index (χ1) is 13.9. The lowest BCUT2D eigenvalue weighted by Crippen LogP contribution is -2.44. The van der Waals surface area contributed by atoms with E-state index in [0.717, 1.165) is 50.0 Å². The van der Waals surface area contributed by atoms with E-state index in [-0.39, 0.29) is 24.2 Å². The molecule has 2 aliphatic heterocycles. The molecule has 2 heterocycles. The van der Waals surface area contributed by atoms with Crippen molar-refractivity contribution in [1.29, 1.82) is 0 Å². The molecule has 7 heteroatoms. The summed E-state index contributed by atoms with van der Waals surface area (Å²) < 4.78 is 0. The molecule has 2 aliphatic rings. The smallest absolute Gasteiger partial charge is 0.221 e. The Labute approximate surface area is 190 Å². The number of piperazine rings is 1. The number of carbonyl (C=O) groups is 1. The van der Waals surface area contributed by atoms with E-state index in [9.17, 15) is 4.79 Å². The molecule has 162 valence electrons. The normalized spacial score (nSPS) is 19.7. The molecule has 2 aromatic rings. The second-order valence-electron chi connectivity index (χ2n) is 8.34. The van der Waals surface area contributed by atoms with Crippen LogP contribution in [0.5, 0.6) is 0 Å². The van der Waals surface area contributed by atoms with Crippen molar-refractivity contribution in [2.24, 2.45) is 0 Å². The third-order valence-corrected chi connectivity index (χ3v) is 6.35. The summed E-state index contributed by atoms with van der Waals surface area (Å²) in [7, 11) is 4.32. The van der Waals surface area contributed by atoms with Gasteiger partial charge in [-0.1, -0.05) is 23.7 Å². The van der Waals surface area contributed by atoms with Crippen molar-refractivity contribution in [2.45, 2.75) is 19.4 Å². The van der Waals surface area contributed by atoms with E-state index in [4.69, 9.17) is 11.6 Å². The number of carbonyl (C=O) groups excluding carboxylic acids is 1. The van der Waals surface area contributed by atoms with Crippen molar-refractivity contribution in [3.05, 3.63) is 58.1 Å². The number of nitrogens with one attached hydrogen (secondary N) is 1. The minimum Gasteiger partial charge on any atom is -0.369 e. The first-order valence-corrected chi connectivity index (χ1v) is 10.6. The maximum atomic E-state index is 11.3. The molecule has 0 spiro atoms. The highest BCUT2D eigenvalue weighted by molar-refractivity contribution is 6.31. The van der Waals surface area contributed by atoms with Crippen LogP contribution < -0.4 is 10.2 Å². The molecule has 0 aromatic heterocycles. The van der Waals surface area contributed by atoms with Crippen molar-refractivity contribution in [3.63, 3.8) is 0 Å². The molecule has 5 nitrogen and oxygen atoms in total. The highest BCUT2D eigenvalue weighted by atomic mass is 35.5. The number of nitrogens with zero attached hydrogens (tertiary/aromatic N) is 3. The third-order valence-electron chi connectivity index (χ3n) is 6.01. The van der Waals surface area contributed by atoms with Crippen LogP contribution in [-0.4, -0.2) is 62.5 Å². The van der Waals surface area contributed by atoms with Crippen LogP contribution in [0.25, 0.3) is 0 Å². The van der Waals surface area contributed by atoms with E-state index in [2.05, 4.69) is 58.4 Å². The van der Waals surface area contributed by atoms with Gasteiger partial charge in [-0.15, -0.1) is 12.4 Å². The van der Waals surface area contributed by atoms with Crippen LogP contribution in [0.4, 0.5) is 11.4 Å². The van der Waals surface area contributed by atoms with E-state index in [1.54, 1.807) is 0 Å². The summed E-state index contributed by atoms with van der Waals surface area (Å²) in [5.74, 6) is 0.212. The minimum atomic E-state index is -0.0518. The first kappa shape index (κ1) is 22.9. The van der Waals surface area contributed by atoms with Crippen molar-refractivity contribution in [2.75, 3.05) is 57.0 Å². The van der Waals surface area contributed by atoms with E-state index in [0.29, 0.717) is 0 Å². The van der Waals surface area contributed by atoms with E-state index in [1.807, 2.05) is 12.1 Å². The number of anilines is 2. The molecule has 4 rings (SSSR count). The monoisotopic (exact) mass is 448 g/mol. The standard InChI is InChI=1S/C23H29ClN4O.ClH/c1-16(29)25-18-6-4-17(5-7-18)21-14-27(3)15-22-20(21)12-19(13-23(22)24)28-10-8-26(2)9-11-28;/h4-7,12-13,21H,8-11,14-15H2,1-3H3,(H,25,29);1H. The zero-order chi connectivity index (χ0) is 20.5. The van der Waals surface area contributed by atoms with Crippen LogP contribution in [0.3, 0.4) is 0 Å². The maximum absolute atomic E-state index is 11.3. The van der Waals surface area contributed by atoms with Gasteiger partial charge in [0, 0.05) is 68.5 Å². The predicted octanol–water partition coefficient (Wildman–Crippen LogP) is 4.05. The summed E-state index contributed by atoms with van der Waals surface area (Å²) in [6, 6.07) is 12.7. The van der Waals surface area contributed by atoms with Gasteiger partial charge in [-0.2, -0.15) is 0 Å². The van der Waals surface area contributed by atoms with E-state index in [1.165, 1.54) is 29.3 Å². The lowest BCUT2D eigenvalue weighted by molar-refractivity contribution is -0.114. The number of halogens is 2. The maximum Gasteiger partial charge on any atom is 0.221 e. The summed E-state index contributed by atoms with van der Waals surface area (Å²) in [6.07, 6.45) is 0. The third kappa shape index (κ3) is 4.92. The van der Waals surface area contributed by atoms with Gasteiger partial charge >= 0.3 is 0 Å². The Hall–Kier alpha value is -1.79. The van der Waals surface area contributed by atoms with Crippen LogP contribution in [0.1, 0.15) is 29.5 Å². The molecular formula is C23H30Cl2N4O. The molecular weight excluding hydrogens is 419 g/mol. The van der Waals surface area contributed by atoms with Crippen molar-refractivity contribution in [1.82, 2.24) is 9.80 Å². The topological polar surface area (TPSA) is 38.8 Å². The second kappa shape index (κ2) is 9.56. The van der Waals surface area contributed by atoms with Gasteiger partial charge in [-0.25, -0.2) is 0 Å². The van der Waals surface area contributed by atoms with Gasteiger partial charge < -0.3 is 20.0 Å². The number of amides is 1. The van der Waals surface area contributed by atoms with Gasteiger partial charge in [-0.05, 0) is 55.1 Å². The minimum absolute atomic E-state index is 0. The summed E-state index contributed by atoms with van der Waals surface area (Å²) in [5.41, 5.74) is 5.87. The molecule has 0 saturated carbocycles. The number of benzene rings is 2. The molecule has 0 radical (unpaired) electrons. The lowest BCUT2D eigenvalue weighted by Gasteiger charge is -2.37. The van der Waals surface area contributed by atoms with Gasteiger partial charge in [0.15, 0.2) is 0 Å². The van der Waals surface area contributed by atoms with Gasteiger partial charge in [0.25, 0.3) is 0 Å². The Morgan fingerprint density at radius 2 is 1.70 bits per heavy atom. The number of hydrogen-bond acceptors (Lipinski definition) is 4. The van der Waals surface area contributed by atoms with Crippen molar-refractivity contribution >= 4 is 41.3 Å². The molecule has 1 atom stereocenters. The summed E-state index contributed by atoms with van der Waals surface area (Å²) in [4.78, 5) is 18.5. The van der Waals surface area contributed by atoms with Crippen molar-refractivity contribution < 1.29 is 4.79 Å². The second-order valence-corrected chi connectivity index (χ2v) is 8.75. The molecule has 30 heavy (non-hydrogen) atoms. The molecule has 1 fully saturated rings. The van der Waals surface area contributed by atoms with Crippen LogP contribution in [0.15, 0.2) is 36.4 Å². The Morgan fingerprint density at radius 3 is 2.33 bits per heavy atom. The predicted molar refractivity (Wildman–Crippen MR) is 127 cm³/mol. The van der Waals surface area contributed by atoms with Crippen LogP contribution in [-0.2, 0) is 11.3 Å². The fraction of sp³-hybridized carbons (Fsp3) is 0.435. The molecule has 1 saturated heterocycles. The van der Waals surface area contributed by atoms with Crippen LogP contribution in [0.2, 0.25) is 5.02 Å². The largest absolute Gasteiger partial charge is 0.369 e. The summed E-state index contributed by atoms with van der Waals surface area (Å²) in [6.45, 7) is 7.56. The van der Waals surface area contributed by atoms with Gasteiger partial charge in [0.05, 0.1) is 0 Å². The van der Waals surface area contributed by atoms with Crippen LogP contribution in [0, 0.1) is 0 Å². The Kier molecular flexibility index (Phi) is 7.30. The van der Waals surface area contributed by atoms with Crippen LogP contribution >= 0.6 is 24.0 Å². The van der Waals surface area contributed by atoms with E-state index < -0.39 is 0 Å². The fourth-order valence-corrected chi connectivity index (χ4v) is 4.68. The van der Waals surface area contributed by atoms with Gasteiger partial charge in [0.2, 0.25) is 5.91 Å². The quantitative estimate of drug-likeness (QED) is 0.768. The molecule has 1 N–H and O–H groups in total. The Balaban J connectivity index is 0.00000256. The zero-order valence-electron chi connectivity index (χ0n) is 17.8. The number of likely N-dealkylation sites (N-methyl/N-ethyl adjacent to an activating group) is 2. The highest BCUT2D eigenvalue weighted by Gasteiger charge is 2.28. The Bertz CT molecular complexity index is 895. The van der Waals surface area contributed by atoms with Crippen molar-refractivity contribution in [3.8, 4) is 0 Å². The highest BCUT2D eigenvalue weighted by Crippen LogP contribution is 2.39. The lowest BCUT2D eigenvalue weighted by atomic mass is 9.84. The average Bonchev–Trinajstić information content (AvgIpc) is 2.69. The molecule has 1 amide bonds. The molecule has 0 aliphatic carbocycles. The number of fused-ring (bicyclic) bond motifs is 1.